The Labute approximate surface area is 114 Å². The number of halogens is 1. The van der Waals surface area contributed by atoms with E-state index < -0.39 is 11.9 Å². The van der Waals surface area contributed by atoms with Gasteiger partial charge in [-0.05, 0) is 25.0 Å². The van der Waals surface area contributed by atoms with Gasteiger partial charge in [0.15, 0.2) is 11.5 Å². The van der Waals surface area contributed by atoms with E-state index in [1.807, 2.05) is 13.0 Å². The van der Waals surface area contributed by atoms with Crippen LogP contribution in [0.5, 0.6) is 11.5 Å². The number of benzene rings is 1. The zero-order chi connectivity index (χ0) is 13.3. The van der Waals surface area contributed by atoms with E-state index in [9.17, 15) is 4.79 Å². The Hall–Kier alpha value is -1.23. The molecular weight excluding hydrogens is 300 g/mol. The largest absolute Gasteiger partial charge is 0.486 e. The smallest absolute Gasteiger partial charge is 0.306 e. The molecule has 4 nitrogen and oxygen atoms in total. The van der Waals surface area contributed by atoms with Crippen LogP contribution in [0, 0.1) is 12.8 Å². The lowest BCUT2D eigenvalue weighted by Crippen LogP contribution is -2.19. The Balaban J connectivity index is 2.43. The van der Waals surface area contributed by atoms with Gasteiger partial charge in [-0.2, -0.15) is 0 Å². The summed E-state index contributed by atoms with van der Waals surface area (Å²) in [5.74, 6) is 0.119. The molecule has 1 aliphatic rings. The van der Waals surface area contributed by atoms with E-state index in [1.54, 1.807) is 6.92 Å². The van der Waals surface area contributed by atoms with Gasteiger partial charge in [0.2, 0.25) is 0 Å². The number of rotatable bonds is 3. The predicted molar refractivity (Wildman–Crippen MR) is 70.4 cm³/mol. The van der Waals surface area contributed by atoms with Gasteiger partial charge < -0.3 is 14.6 Å². The van der Waals surface area contributed by atoms with Crippen LogP contribution in [0.1, 0.15) is 18.1 Å². The molecule has 2 rings (SSSR count). The van der Waals surface area contributed by atoms with Crippen LogP contribution in [-0.2, 0) is 11.2 Å². The summed E-state index contributed by atoms with van der Waals surface area (Å²) in [6.45, 7) is 4.67. The number of fused-ring (bicyclic) bond motifs is 1. The molecule has 1 aromatic carbocycles. The highest BCUT2D eigenvalue weighted by molar-refractivity contribution is 9.10. The van der Waals surface area contributed by atoms with E-state index in [1.165, 1.54) is 0 Å². The monoisotopic (exact) mass is 314 g/mol. The molecular formula is C13H15BrO4. The SMILES string of the molecule is Cc1c(Br)cc2c(c1CC(C)C(=O)O)OCCO2. The second-order valence-corrected chi connectivity index (χ2v) is 5.28. The number of hydrogen-bond donors (Lipinski definition) is 1. The molecule has 0 radical (unpaired) electrons. The Morgan fingerprint density at radius 1 is 1.50 bits per heavy atom. The van der Waals surface area contributed by atoms with Crippen LogP contribution >= 0.6 is 15.9 Å². The highest BCUT2D eigenvalue weighted by Gasteiger charge is 2.23. The second-order valence-electron chi connectivity index (χ2n) is 4.43. The Kier molecular flexibility index (Phi) is 3.80. The molecule has 1 N–H and O–H groups in total. The summed E-state index contributed by atoms with van der Waals surface area (Å²) in [4.78, 5) is 11.0. The Morgan fingerprint density at radius 2 is 2.17 bits per heavy atom. The van der Waals surface area contributed by atoms with Crippen LogP contribution in [0.3, 0.4) is 0 Å². The topological polar surface area (TPSA) is 55.8 Å². The average Bonchev–Trinajstić information content (AvgIpc) is 2.34. The lowest BCUT2D eigenvalue weighted by Gasteiger charge is -2.24. The number of ether oxygens (including phenoxy) is 2. The molecule has 0 fully saturated rings. The molecule has 1 aliphatic heterocycles. The third-order valence-corrected chi connectivity index (χ3v) is 3.91. The van der Waals surface area contributed by atoms with Crippen molar-refractivity contribution in [3.05, 3.63) is 21.7 Å². The van der Waals surface area contributed by atoms with Crippen molar-refractivity contribution in [3.8, 4) is 11.5 Å². The standard InChI is InChI=1S/C13H15BrO4/c1-7(13(15)16)5-9-8(2)10(14)6-11-12(9)18-4-3-17-11/h6-7H,3-5H2,1-2H3,(H,15,16). The van der Waals surface area contributed by atoms with Crippen molar-refractivity contribution >= 4 is 21.9 Å². The zero-order valence-corrected chi connectivity index (χ0v) is 11.9. The van der Waals surface area contributed by atoms with Gasteiger partial charge in [0.1, 0.15) is 13.2 Å². The molecule has 0 aromatic heterocycles. The number of carboxylic acids is 1. The maximum atomic E-state index is 11.0. The molecule has 0 saturated carbocycles. The number of hydrogen-bond acceptors (Lipinski definition) is 3. The first-order chi connectivity index (χ1) is 8.50. The highest BCUT2D eigenvalue weighted by Crippen LogP contribution is 2.40. The van der Waals surface area contributed by atoms with Gasteiger partial charge >= 0.3 is 5.97 Å². The summed E-state index contributed by atoms with van der Waals surface area (Å²) in [5, 5.41) is 9.02. The van der Waals surface area contributed by atoms with Crippen molar-refractivity contribution in [1.29, 1.82) is 0 Å². The second kappa shape index (κ2) is 5.18. The number of carboxylic acid groups (broad SMARTS) is 1. The molecule has 1 atom stereocenters. The normalized spacial score (nSPS) is 15.3. The fraction of sp³-hybridized carbons (Fsp3) is 0.462. The van der Waals surface area contributed by atoms with E-state index >= 15 is 0 Å². The molecule has 0 bridgehead atoms. The van der Waals surface area contributed by atoms with Gasteiger partial charge in [-0.25, -0.2) is 0 Å². The van der Waals surface area contributed by atoms with Gasteiger partial charge in [0.05, 0.1) is 5.92 Å². The van der Waals surface area contributed by atoms with Crippen molar-refractivity contribution in [2.45, 2.75) is 20.3 Å². The molecule has 18 heavy (non-hydrogen) atoms. The first-order valence-electron chi connectivity index (χ1n) is 5.81. The van der Waals surface area contributed by atoms with Crippen LogP contribution in [0.2, 0.25) is 0 Å². The van der Waals surface area contributed by atoms with E-state index in [0.717, 1.165) is 15.6 Å². The summed E-state index contributed by atoms with van der Waals surface area (Å²) in [7, 11) is 0. The quantitative estimate of drug-likeness (QED) is 0.932. The lowest BCUT2D eigenvalue weighted by atomic mass is 9.96. The molecule has 1 heterocycles. The van der Waals surface area contributed by atoms with Gasteiger partial charge in [-0.3, -0.25) is 4.79 Å². The van der Waals surface area contributed by atoms with Crippen molar-refractivity contribution in [3.63, 3.8) is 0 Å². The van der Waals surface area contributed by atoms with Gasteiger partial charge in [-0.15, -0.1) is 0 Å². The minimum atomic E-state index is -0.806. The minimum Gasteiger partial charge on any atom is -0.486 e. The summed E-state index contributed by atoms with van der Waals surface area (Å²) in [5.41, 5.74) is 1.92. The van der Waals surface area contributed by atoms with Crippen LogP contribution in [0.15, 0.2) is 10.5 Å². The third-order valence-electron chi connectivity index (χ3n) is 3.09. The first kappa shape index (κ1) is 13.2. The molecule has 1 unspecified atom stereocenters. The van der Waals surface area contributed by atoms with E-state index in [-0.39, 0.29) is 0 Å². The molecule has 1 aromatic rings. The average molecular weight is 315 g/mol. The zero-order valence-electron chi connectivity index (χ0n) is 10.3. The van der Waals surface area contributed by atoms with E-state index in [4.69, 9.17) is 14.6 Å². The van der Waals surface area contributed by atoms with Crippen LogP contribution in [0.25, 0.3) is 0 Å². The summed E-state index contributed by atoms with van der Waals surface area (Å²) in [6.07, 6.45) is 0.437. The highest BCUT2D eigenvalue weighted by atomic mass is 79.9. The molecule has 5 heteroatoms. The summed E-state index contributed by atoms with van der Waals surface area (Å²) < 4.78 is 12.1. The Bertz CT molecular complexity index is 484. The fourth-order valence-corrected chi connectivity index (χ4v) is 2.40. The Morgan fingerprint density at radius 3 is 2.83 bits per heavy atom. The lowest BCUT2D eigenvalue weighted by molar-refractivity contribution is -0.141. The van der Waals surface area contributed by atoms with E-state index in [2.05, 4.69) is 15.9 Å². The fourth-order valence-electron chi connectivity index (χ4n) is 1.95. The van der Waals surface area contributed by atoms with E-state index in [0.29, 0.717) is 31.1 Å². The number of carbonyl (C=O) groups is 1. The van der Waals surface area contributed by atoms with Crippen molar-refractivity contribution in [1.82, 2.24) is 0 Å². The van der Waals surface area contributed by atoms with Crippen molar-refractivity contribution in [2.75, 3.05) is 13.2 Å². The van der Waals surface area contributed by atoms with Crippen molar-refractivity contribution < 1.29 is 19.4 Å². The van der Waals surface area contributed by atoms with Crippen LogP contribution in [0.4, 0.5) is 0 Å². The number of aliphatic carboxylic acids is 1. The summed E-state index contributed by atoms with van der Waals surface area (Å²) >= 11 is 3.47. The predicted octanol–water partition coefficient (Wildman–Crippen LogP) is 2.79. The van der Waals surface area contributed by atoms with Gasteiger partial charge in [0, 0.05) is 10.0 Å². The molecule has 0 saturated heterocycles. The molecule has 0 aliphatic carbocycles. The van der Waals surface area contributed by atoms with Crippen LogP contribution < -0.4 is 9.47 Å². The molecule has 98 valence electrons. The summed E-state index contributed by atoms with van der Waals surface area (Å²) in [6, 6.07) is 1.87. The minimum absolute atomic E-state index is 0.437. The maximum Gasteiger partial charge on any atom is 0.306 e. The van der Waals surface area contributed by atoms with Crippen molar-refractivity contribution in [2.24, 2.45) is 5.92 Å². The first-order valence-corrected chi connectivity index (χ1v) is 6.60. The van der Waals surface area contributed by atoms with Crippen LogP contribution in [-0.4, -0.2) is 24.3 Å². The van der Waals surface area contributed by atoms with Gasteiger partial charge in [-0.1, -0.05) is 22.9 Å². The molecule has 0 amide bonds. The molecule has 0 spiro atoms. The third kappa shape index (κ3) is 2.46. The van der Waals surface area contributed by atoms with Gasteiger partial charge in [0.25, 0.3) is 0 Å². The maximum absolute atomic E-state index is 11.0.